The molecule has 1 fully saturated rings. The van der Waals surface area contributed by atoms with E-state index in [-0.39, 0.29) is 5.78 Å². The number of carbonyl (C=O) groups is 1. The van der Waals surface area contributed by atoms with Crippen molar-refractivity contribution in [3.05, 3.63) is 58.5 Å². The molecule has 3 heteroatoms. The molecule has 1 aliphatic carbocycles. The van der Waals surface area contributed by atoms with Crippen LogP contribution >= 0.6 is 11.8 Å². The van der Waals surface area contributed by atoms with Crippen LogP contribution in [0.5, 0.6) is 0 Å². The van der Waals surface area contributed by atoms with Gasteiger partial charge < -0.3 is 0 Å². The van der Waals surface area contributed by atoms with Gasteiger partial charge in [-0.1, -0.05) is 63.1 Å². The molecule has 134 valence electrons. The molecule has 0 atom stereocenters. The van der Waals surface area contributed by atoms with Gasteiger partial charge in [0.1, 0.15) is 0 Å². The van der Waals surface area contributed by atoms with Crippen LogP contribution in [0.15, 0.2) is 63.5 Å². The largest absolute Gasteiger partial charge is 0.290 e. The van der Waals surface area contributed by atoms with Crippen molar-refractivity contribution in [1.29, 1.82) is 0 Å². The Hall–Kier alpha value is -1.61. The van der Waals surface area contributed by atoms with E-state index >= 15 is 0 Å². The van der Waals surface area contributed by atoms with Crippen molar-refractivity contribution in [2.75, 3.05) is 0 Å². The number of thioether (sulfide) groups is 1. The van der Waals surface area contributed by atoms with Crippen LogP contribution in [-0.4, -0.2) is 11.5 Å². The quantitative estimate of drug-likeness (QED) is 0.536. The fraction of sp³-hybridized carbons (Fsp3) is 0.455. The van der Waals surface area contributed by atoms with Crippen molar-refractivity contribution in [3.8, 4) is 0 Å². The SMILES string of the molecule is C=CC(=O)/C=C1/S/C(=C/C(=CC)C2CCCCCCC2)C(=C)N=C1C. The lowest BCUT2D eigenvalue weighted by Crippen LogP contribution is -2.08. The number of ketones is 1. The summed E-state index contributed by atoms with van der Waals surface area (Å²) < 4.78 is 0. The summed E-state index contributed by atoms with van der Waals surface area (Å²) in [5.74, 6) is 0.538. The Morgan fingerprint density at radius 2 is 1.76 bits per heavy atom. The maximum absolute atomic E-state index is 11.7. The molecule has 2 rings (SSSR count). The second kappa shape index (κ2) is 9.76. The second-order valence-electron chi connectivity index (χ2n) is 6.70. The predicted molar refractivity (Wildman–Crippen MR) is 111 cm³/mol. The molecule has 0 amide bonds. The molecule has 25 heavy (non-hydrogen) atoms. The van der Waals surface area contributed by atoms with Gasteiger partial charge in [-0.3, -0.25) is 9.79 Å². The number of allylic oxidation sites excluding steroid dienone is 6. The lowest BCUT2D eigenvalue weighted by molar-refractivity contribution is -0.110. The molecule has 0 bridgehead atoms. The second-order valence-corrected chi connectivity index (χ2v) is 7.78. The van der Waals surface area contributed by atoms with E-state index in [1.54, 1.807) is 17.8 Å². The van der Waals surface area contributed by atoms with E-state index in [0.717, 1.165) is 21.2 Å². The zero-order valence-corrected chi connectivity index (χ0v) is 16.3. The third-order valence-electron chi connectivity index (χ3n) is 4.85. The normalized spacial score (nSPS) is 24.0. The molecule has 0 unspecified atom stereocenters. The lowest BCUT2D eigenvalue weighted by atomic mass is 9.85. The molecule has 0 spiro atoms. The maximum atomic E-state index is 11.7. The Labute approximate surface area is 156 Å². The van der Waals surface area contributed by atoms with Crippen molar-refractivity contribution in [3.63, 3.8) is 0 Å². The van der Waals surface area contributed by atoms with E-state index in [0.29, 0.717) is 5.92 Å². The topological polar surface area (TPSA) is 29.4 Å². The van der Waals surface area contributed by atoms with Crippen LogP contribution in [-0.2, 0) is 4.79 Å². The summed E-state index contributed by atoms with van der Waals surface area (Å²) in [6, 6.07) is 0. The van der Waals surface area contributed by atoms with Gasteiger partial charge in [-0.15, -0.1) is 0 Å². The molecule has 1 saturated carbocycles. The Morgan fingerprint density at radius 1 is 1.12 bits per heavy atom. The molecule has 1 aliphatic heterocycles. The molecule has 0 radical (unpaired) electrons. The summed E-state index contributed by atoms with van der Waals surface area (Å²) in [7, 11) is 0. The minimum Gasteiger partial charge on any atom is -0.290 e. The van der Waals surface area contributed by atoms with Crippen molar-refractivity contribution in [1.82, 2.24) is 0 Å². The number of rotatable bonds is 4. The Morgan fingerprint density at radius 3 is 2.36 bits per heavy atom. The predicted octanol–water partition coefficient (Wildman–Crippen LogP) is 6.54. The average Bonchev–Trinajstić information content (AvgIpc) is 2.56. The minimum atomic E-state index is -0.0878. The lowest BCUT2D eigenvalue weighted by Gasteiger charge is -2.23. The highest BCUT2D eigenvalue weighted by Gasteiger charge is 2.20. The van der Waals surface area contributed by atoms with E-state index in [1.807, 2.05) is 6.92 Å². The Balaban J connectivity index is 2.24. The van der Waals surface area contributed by atoms with E-state index < -0.39 is 0 Å². The van der Waals surface area contributed by atoms with Gasteiger partial charge in [0.25, 0.3) is 0 Å². The van der Waals surface area contributed by atoms with Crippen LogP contribution in [0.1, 0.15) is 58.8 Å². The third kappa shape index (κ3) is 5.71. The van der Waals surface area contributed by atoms with Crippen LogP contribution in [0, 0.1) is 5.92 Å². The van der Waals surface area contributed by atoms with E-state index in [4.69, 9.17) is 0 Å². The fourth-order valence-corrected chi connectivity index (χ4v) is 4.34. The number of hydrogen-bond acceptors (Lipinski definition) is 3. The number of carbonyl (C=O) groups excluding carboxylic acids is 1. The van der Waals surface area contributed by atoms with Crippen molar-refractivity contribution in [2.45, 2.75) is 58.8 Å². The highest BCUT2D eigenvalue weighted by Crippen LogP contribution is 2.39. The van der Waals surface area contributed by atoms with Gasteiger partial charge in [0.15, 0.2) is 5.78 Å². The summed E-state index contributed by atoms with van der Waals surface area (Å²) in [4.78, 5) is 18.2. The highest BCUT2D eigenvalue weighted by atomic mass is 32.2. The fourth-order valence-electron chi connectivity index (χ4n) is 3.38. The molecule has 0 aromatic heterocycles. The molecular formula is C22H29NOS. The van der Waals surface area contributed by atoms with E-state index in [2.05, 4.69) is 37.2 Å². The first-order chi connectivity index (χ1) is 12.0. The molecule has 0 aromatic carbocycles. The molecule has 2 aliphatic rings. The Kier molecular flexibility index (Phi) is 7.70. The van der Waals surface area contributed by atoms with Gasteiger partial charge in [-0.05, 0) is 50.3 Å². The zero-order chi connectivity index (χ0) is 18.2. The minimum absolute atomic E-state index is 0.0878. The zero-order valence-electron chi connectivity index (χ0n) is 15.5. The van der Waals surface area contributed by atoms with Crippen LogP contribution in [0.2, 0.25) is 0 Å². The summed E-state index contributed by atoms with van der Waals surface area (Å²) in [5.41, 5.74) is 3.01. The van der Waals surface area contributed by atoms with Crippen molar-refractivity contribution in [2.24, 2.45) is 10.9 Å². The summed E-state index contributed by atoms with van der Waals surface area (Å²) >= 11 is 1.59. The van der Waals surface area contributed by atoms with E-state index in [9.17, 15) is 4.79 Å². The third-order valence-corrected chi connectivity index (χ3v) is 6.05. The average molecular weight is 356 g/mol. The van der Waals surface area contributed by atoms with Gasteiger partial charge in [-0.25, -0.2) is 0 Å². The van der Waals surface area contributed by atoms with Gasteiger partial charge in [-0.2, -0.15) is 0 Å². The van der Waals surface area contributed by atoms with Crippen LogP contribution in [0.4, 0.5) is 0 Å². The number of aliphatic imine (C=N–C) groups is 1. The maximum Gasteiger partial charge on any atom is 0.179 e. The first-order valence-corrected chi connectivity index (χ1v) is 10.1. The molecule has 0 saturated heterocycles. The molecule has 2 nitrogen and oxygen atoms in total. The Bertz CT molecular complexity index is 656. The van der Waals surface area contributed by atoms with Gasteiger partial charge in [0.2, 0.25) is 0 Å². The van der Waals surface area contributed by atoms with E-state index in [1.165, 1.54) is 56.6 Å². The molecule has 0 N–H and O–H groups in total. The first kappa shape index (κ1) is 19.7. The number of nitrogens with zero attached hydrogens (tertiary/aromatic N) is 1. The van der Waals surface area contributed by atoms with Gasteiger partial charge in [0.05, 0.1) is 11.4 Å². The summed E-state index contributed by atoms with van der Waals surface area (Å²) in [5, 5.41) is 0. The van der Waals surface area contributed by atoms with Crippen LogP contribution < -0.4 is 0 Å². The first-order valence-electron chi connectivity index (χ1n) is 9.24. The highest BCUT2D eigenvalue weighted by molar-refractivity contribution is 8.08. The number of hydrogen-bond donors (Lipinski definition) is 0. The van der Waals surface area contributed by atoms with Gasteiger partial charge in [0, 0.05) is 15.9 Å². The molecule has 0 aromatic rings. The van der Waals surface area contributed by atoms with Crippen LogP contribution in [0.3, 0.4) is 0 Å². The molecule has 1 heterocycles. The smallest absolute Gasteiger partial charge is 0.179 e. The van der Waals surface area contributed by atoms with Crippen LogP contribution in [0.25, 0.3) is 0 Å². The standard InChI is InChI=1S/C22H29NOS/c1-5-18(19-12-10-8-7-9-11-13-19)14-21-16(3)23-17(4)22(25-21)15-20(24)6-2/h5-6,14-15,19H,2-3,7-13H2,1,4H3/b18-5?,21-14+,22-15+. The van der Waals surface area contributed by atoms with Crippen molar-refractivity contribution >= 4 is 23.3 Å². The van der Waals surface area contributed by atoms with Crippen molar-refractivity contribution < 1.29 is 4.79 Å². The summed E-state index contributed by atoms with van der Waals surface area (Å²) in [6.45, 7) is 11.7. The van der Waals surface area contributed by atoms with Gasteiger partial charge >= 0.3 is 0 Å². The molecular weight excluding hydrogens is 326 g/mol. The summed E-state index contributed by atoms with van der Waals surface area (Å²) in [6.07, 6.45) is 16.7. The monoisotopic (exact) mass is 355 g/mol.